The van der Waals surface area contributed by atoms with E-state index in [0.29, 0.717) is 6.54 Å². The van der Waals surface area contributed by atoms with Crippen molar-refractivity contribution in [3.8, 4) is 0 Å². The summed E-state index contributed by atoms with van der Waals surface area (Å²) in [5, 5.41) is 2.06. The zero-order valence-corrected chi connectivity index (χ0v) is 13.6. The van der Waals surface area contributed by atoms with Gasteiger partial charge in [-0.15, -0.1) is 11.3 Å². The normalized spacial score (nSPS) is 13.7. The molecule has 0 aliphatic heterocycles. The summed E-state index contributed by atoms with van der Waals surface area (Å²) in [5.41, 5.74) is 8.47. The summed E-state index contributed by atoms with van der Waals surface area (Å²) in [4.78, 5) is 15.5. The second-order valence-corrected chi connectivity index (χ2v) is 6.45. The van der Waals surface area contributed by atoms with Crippen LogP contribution in [0.25, 0.3) is 0 Å². The molecule has 0 aliphatic rings. The van der Waals surface area contributed by atoms with Gasteiger partial charge in [0.25, 0.3) is 0 Å². The Balaban J connectivity index is 2.03. The summed E-state index contributed by atoms with van der Waals surface area (Å²) in [6, 6.07) is 11.6. The average Bonchev–Trinajstić information content (AvgIpc) is 2.91. The van der Waals surface area contributed by atoms with Crippen LogP contribution in [0.15, 0.2) is 41.8 Å². The molecule has 0 radical (unpaired) electrons. The lowest BCUT2D eigenvalue weighted by molar-refractivity contribution is -0.134. The highest BCUT2D eigenvalue weighted by atomic mass is 32.1. The molecule has 2 aromatic rings. The maximum Gasteiger partial charge on any atom is 0.227 e. The second kappa shape index (κ2) is 6.87. The first-order valence-corrected chi connectivity index (χ1v) is 7.97. The molecule has 1 amide bonds. The van der Waals surface area contributed by atoms with Crippen LogP contribution in [0, 0.1) is 12.8 Å². The van der Waals surface area contributed by atoms with Crippen LogP contribution in [0.3, 0.4) is 0 Å². The molecule has 112 valence electrons. The number of benzene rings is 1. The van der Waals surface area contributed by atoms with E-state index in [0.717, 1.165) is 5.56 Å². The average molecular weight is 302 g/mol. The predicted octanol–water partition coefficient (Wildman–Crippen LogP) is 3.35. The van der Waals surface area contributed by atoms with Gasteiger partial charge in [0.15, 0.2) is 0 Å². The molecule has 0 saturated carbocycles. The van der Waals surface area contributed by atoms with Crippen molar-refractivity contribution in [3.05, 3.63) is 57.8 Å². The molecule has 2 N–H and O–H groups in total. The van der Waals surface area contributed by atoms with Crippen LogP contribution in [0.4, 0.5) is 0 Å². The minimum Gasteiger partial charge on any atom is -0.340 e. The minimum absolute atomic E-state index is 0.0825. The molecule has 1 heterocycles. The van der Waals surface area contributed by atoms with Crippen molar-refractivity contribution in [2.24, 2.45) is 11.7 Å². The number of amides is 1. The Morgan fingerprint density at radius 2 is 1.95 bits per heavy atom. The number of nitrogens with zero attached hydrogens (tertiary/aromatic N) is 1. The Kier molecular flexibility index (Phi) is 5.15. The van der Waals surface area contributed by atoms with Crippen LogP contribution in [0.5, 0.6) is 0 Å². The Morgan fingerprint density at radius 3 is 2.52 bits per heavy atom. The fourth-order valence-corrected chi connectivity index (χ4v) is 3.28. The van der Waals surface area contributed by atoms with E-state index in [9.17, 15) is 4.79 Å². The van der Waals surface area contributed by atoms with Gasteiger partial charge in [-0.3, -0.25) is 4.79 Å². The third-order valence-corrected chi connectivity index (χ3v) is 4.85. The van der Waals surface area contributed by atoms with Gasteiger partial charge >= 0.3 is 0 Å². The van der Waals surface area contributed by atoms with Gasteiger partial charge < -0.3 is 10.6 Å². The van der Waals surface area contributed by atoms with Gasteiger partial charge in [-0.1, -0.05) is 37.3 Å². The molecule has 0 aliphatic carbocycles. The van der Waals surface area contributed by atoms with E-state index in [2.05, 4.69) is 18.4 Å². The smallest absolute Gasteiger partial charge is 0.227 e. The van der Waals surface area contributed by atoms with E-state index in [1.807, 2.05) is 44.3 Å². The highest BCUT2D eigenvalue weighted by molar-refractivity contribution is 7.10. The van der Waals surface area contributed by atoms with Crippen LogP contribution >= 0.6 is 11.3 Å². The fraction of sp³-hybridized carbons (Fsp3) is 0.353. The standard InChI is InChI=1S/C17H22N2OS/c1-12-9-10-21-15(12)11-19(3)17(20)13(2)16(18)14-7-5-4-6-8-14/h4-10,13,16H,11,18H2,1-3H3/t13-,16+/m1/s1. The molecule has 2 atom stereocenters. The largest absolute Gasteiger partial charge is 0.340 e. The van der Waals surface area contributed by atoms with Crippen LogP contribution in [0.2, 0.25) is 0 Å². The maximum atomic E-state index is 12.5. The van der Waals surface area contributed by atoms with Gasteiger partial charge in [-0.25, -0.2) is 0 Å². The van der Waals surface area contributed by atoms with E-state index < -0.39 is 0 Å². The lowest BCUT2D eigenvalue weighted by atomic mass is 9.94. The number of thiophene rings is 1. The van der Waals surface area contributed by atoms with Gasteiger partial charge in [0.2, 0.25) is 5.91 Å². The molecular weight excluding hydrogens is 280 g/mol. The van der Waals surface area contributed by atoms with Crippen LogP contribution in [-0.4, -0.2) is 17.9 Å². The van der Waals surface area contributed by atoms with Crippen LogP contribution in [0.1, 0.15) is 29.0 Å². The number of carbonyl (C=O) groups excluding carboxylic acids is 1. The molecule has 0 fully saturated rings. The van der Waals surface area contributed by atoms with Crippen molar-refractivity contribution < 1.29 is 4.79 Å². The lowest BCUT2D eigenvalue weighted by Crippen LogP contribution is -2.36. The quantitative estimate of drug-likeness (QED) is 0.920. The van der Waals surface area contributed by atoms with Gasteiger partial charge in [-0.05, 0) is 29.5 Å². The topological polar surface area (TPSA) is 46.3 Å². The van der Waals surface area contributed by atoms with Gasteiger partial charge in [-0.2, -0.15) is 0 Å². The number of nitrogens with two attached hydrogens (primary N) is 1. The molecule has 0 spiro atoms. The van der Waals surface area contributed by atoms with Crippen molar-refractivity contribution in [2.45, 2.75) is 26.4 Å². The maximum absolute atomic E-state index is 12.5. The lowest BCUT2D eigenvalue weighted by Gasteiger charge is -2.25. The van der Waals surface area contributed by atoms with Gasteiger partial charge in [0.1, 0.15) is 0 Å². The van der Waals surface area contributed by atoms with E-state index in [-0.39, 0.29) is 17.9 Å². The highest BCUT2D eigenvalue weighted by Crippen LogP contribution is 2.23. The summed E-state index contributed by atoms with van der Waals surface area (Å²) in [5.74, 6) is -0.156. The van der Waals surface area contributed by atoms with Crippen molar-refractivity contribution in [1.82, 2.24) is 4.90 Å². The Hall–Kier alpha value is -1.65. The molecule has 3 nitrogen and oxygen atoms in total. The SMILES string of the molecule is Cc1ccsc1CN(C)C(=O)[C@H](C)[C@H](N)c1ccccc1. The Morgan fingerprint density at radius 1 is 1.29 bits per heavy atom. The van der Waals surface area contributed by atoms with Crippen molar-refractivity contribution >= 4 is 17.2 Å². The minimum atomic E-state index is -0.273. The number of rotatable bonds is 5. The molecule has 1 aromatic heterocycles. The number of carbonyl (C=O) groups is 1. The third kappa shape index (κ3) is 3.71. The van der Waals surface area contributed by atoms with Gasteiger partial charge in [0, 0.05) is 18.0 Å². The Labute approximate surface area is 130 Å². The number of hydrogen-bond acceptors (Lipinski definition) is 3. The predicted molar refractivity (Wildman–Crippen MR) is 88.1 cm³/mol. The van der Waals surface area contributed by atoms with Crippen LogP contribution in [-0.2, 0) is 11.3 Å². The van der Waals surface area contributed by atoms with Crippen molar-refractivity contribution in [3.63, 3.8) is 0 Å². The third-order valence-electron chi connectivity index (χ3n) is 3.84. The van der Waals surface area contributed by atoms with E-state index in [4.69, 9.17) is 5.73 Å². The first kappa shape index (κ1) is 15.7. The molecular formula is C17H22N2OS. The summed E-state index contributed by atoms with van der Waals surface area (Å²) >= 11 is 1.69. The molecule has 2 rings (SSSR count). The molecule has 1 aromatic carbocycles. The number of aryl methyl sites for hydroxylation is 1. The molecule has 0 bridgehead atoms. The monoisotopic (exact) mass is 302 g/mol. The van der Waals surface area contributed by atoms with E-state index in [1.165, 1.54) is 10.4 Å². The fourth-order valence-electron chi connectivity index (χ4n) is 2.32. The molecule has 0 saturated heterocycles. The number of hydrogen-bond donors (Lipinski definition) is 1. The summed E-state index contributed by atoms with van der Waals surface area (Å²) in [7, 11) is 1.84. The van der Waals surface area contributed by atoms with E-state index >= 15 is 0 Å². The molecule has 21 heavy (non-hydrogen) atoms. The summed E-state index contributed by atoms with van der Waals surface area (Å²) in [6.07, 6.45) is 0. The zero-order chi connectivity index (χ0) is 15.4. The second-order valence-electron chi connectivity index (χ2n) is 5.45. The first-order valence-electron chi connectivity index (χ1n) is 7.09. The van der Waals surface area contributed by atoms with Crippen molar-refractivity contribution in [1.29, 1.82) is 0 Å². The van der Waals surface area contributed by atoms with Crippen molar-refractivity contribution in [2.75, 3.05) is 7.05 Å². The highest BCUT2D eigenvalue weighted by Gasteiger charge is 2.25. The van der Waals surface area contributed by atoms with Gasteiger partial charge in [0.05, 0.1) is 12.5 Å². The zero-order valence-electron chi connectivity index (χ0n) is 12.7. The summed E-state index contributed by atoms with van der Waals surface area (Å²) in [6.45, 7) is 4.62. The summed E-state index contributed by atoms with van der Waals surface area (Å²) < 4.78 is 0. The first-order chi connectivity index (χ1) is 10.0. The molecule has 0 unspecified atom stereocenters. The Bertz CT molecular complexity index is 594. The van der Waals surface area contributed by atoms with E-state index in [1.54, 1.807) is 16.2 Å². The van der Waals surface area contributed by atoms with Crippen LogP contribution < -0.4 is 5.73 Å². The molecule has 4 heteroatoms.